The number of aliphatic hydroxyl groups excluding tert-OH is 2. The van der Waals surface area contributed by atoms with E-state index in [-0.39, 0.29) is 19.3 Å². The number of aliphatic hydroxyl groups is 2. The summed E-state index contributed by atoms with van der Waals surface area (Å²) >= 11 is 0. The lowest BCUT2D eigenvalue weighted by Gasteiger charge is -2.21. The van der Waals surface area contributed by atoms with Gasteiger partial charge in [-0.05, 0) is 148 Å². The Morgan fingerprint density at radius 1 is 0.235 bits per heavy atom. The van der Waals surface area contributed by atoms with E-state index in [4.69, 9.17) is 32.3 Å². The molecule has 0 radical (unpaired) electrons. The third-order valence-corrected chi connectivity index (χ3v) is 21.8. The molecular formula is C101H172O16P2. The van der Waals surface area contributed by atoms with E-state index in [1.165, 1.54) is 161 Å². The van der Waals surface area contributed by atoms with E-state index in [9.17, 15) is 43.5 Å². The normalized spacial score (nSPS) is 14.5. The van der Waals surface area contributed by atoms with Gasteiger partial charge in [-0.3, -0.25) is 32.5 Å². The number of allylic oxidation sites excluding steroid dienone is 28. The molecule has 0 fully saturated rings. The smallest absolute Gasteiger partial charge is 0.463 e. The number of carbonyl (C=O) groups is 3. The van der Waals surface area contributed by atoms with Crippen LogP contribution in [-0.4, -0.2) is 95.9 Å². The number of unbranched alkanes of at least 4 members (excludes halogenated alkanes) is 38. The summed E-state index contributed by atoms with van der Waals surface area (Å²) in [6, 6.07) is 0. The van der Waals surface area contributed by atoms with E-state index < -0.39 is 91.5 Å². The molecule has 0 amide bonds. The molecule has 0 aromatic rings. The van der Waals surface area contributed by atoms with E-state index in [1.807, 2.05) is 0 Å². The number of phosphoric ester groups is 2. The van der Waals surface area contributed by atoms with Crippen molar-refractivity contribution in [1.29, 1.82) is 0 Å². The van der Waals surface area contributed by atoms with Crippen LogP contribution in [0.15, 0.2) is 170 Å². The summed E-state index contributed by atoms with van der Waals surface area (Å²) < 4.78 is 61.4. The lowest BCUT2D eigenvalue weighted by molar-refractivity contribution is -0.161. The van der Waals surface area contributed by atoms with Crippen LogP contribution < -0.4 is 0 Å². The maximum absolute atomic E-state index is 13.0. The van der Waals surface area contributed by atoms with Crippen molar-refractivity contribution in [3.63, 3.8) is 0 Å². The van der Waals surface area contributed by atoms with Gasteiger partial charge in [-0.25, -0.2) is 9.13 Å². The van der Waals surface area contributed by atoms with Gasteiger partial charge >= 0.3 is 33.6 Å². The van der Waals surface area contributed by atoms with Gasteiger partial charge in [-0.15, -0.1) is 0 Å². The highest BCUT2D eigenvalue weighted by Crippen LogP contribution is 2.45. The maximum Gasteiger partial charge on any atom is 0.472 e. The van der Waals surface area contributed by atoms with Crippen molar-refractivity contribution in [3.8, 4) is 0 Å². The maximum atomic E-state index is 13.0. The number of hydrogen-bond donors (Lipinski definition) is 4. The minimum Gasteiger partial charge on any atom is -0.463 e. The summed E-state index contributed by atoms with van der Waals surface area (Å²) in [7, 11) is -9.81. The Bertz CT molecular complexity index is 2840. The first-order valence-electron chi connectivity index (χ1n) is 47.4. The third kappa shape index (κ3) is 93.5. The largest absolute Gasteiger partial charge is 0.472 e. The molecule has 4 N–H and O–H groups in total. The van der Waals surface area contributed by atoms with Crippen LogP contribution in [0.25, 0.3) is 0 Å². The molecule has 0 aliphatic carbocycles. The van der Waals surface area contributed by atoms with Gasteiger partial charge in [0.2, 0.25) is 0 Å². The molecule has 5 atom stereocenters. The van der Waals surface area contributed by atoms with Crippen molar-refractivity contribution >= 4 is 33.6 Å². The molecule has 0 rings (SSSR count). The first-order valence-corrected chi connectivity index (χ1v) is 50.4. The Hall–Kier alpha value is -5.09. The van der Waals surface area contributed by atoms with Crippen LogP contribution in [0, 0.1) is 0 Å². The zero-order valence-electron chi connectivity index (χ0n) is 75.2. The molecule has 119 heavy (non-hydrogen) atoms. The fraction of sp³-hybridized carbons (Fsp3) is 0.693. The minimum absolute atomic E-state index is 0.0826. The van der Waals surface area contributed by atoms with Gasteiger partial charge in [0.25, 0.3) is 0 Å². The van der Waals surface area contributed by atoms with Crippen molar-refractivity contribution in [1.82, 2.24) is 0 Å². The fourth-order valence-electron chi connectivity index (χ4n) is 12.9. The van der Waals surface area contributed by atoms with Crippen LogP contribution in [0.1, 0.15) is 393 Å². The molecule has 0 aromatic carbocycles. The number of esters is 3. The molecule has 0 bridgehead atoms. The minimum atomic E-state index is -4.94. The van der Waals surface area contributed by atoms with Gasteiger partial charge in [0, 0.05) is 19.3 Å². The summed E-state index contributed by atoms with van der Waals surface area (Å²) in [6.45, 7) is 2.37. The lowest BCUT2D eigenvalue weighted by atomic mass is 10.0. The first-order chi connectivity index (χ1) is 58.2. The Kier molecular flexibility index (Phi) is 88.2. The number of ether oxygens (including phenoxy) is 3. The fourth-order valence-corrected chi connectivity index (χ4v) is 14.4. The van der Waals surface area contributed by atoms with Crippen LogP contribution in [0.5, 0.6) is 0 Å². The van der Waals surface area contributed by atoms with Crippen molar-refractivity contribution in [2.24, 2.45) is 0 Å². The van der Waals surface area contributed by atoms with Crippen LogP contribution in [0.2, 0.25) is 0 Å². The third-order valence-electron chi connectivity index (χ3n) is 19.9. The van der Waals surface area contributed by atoms with E-state index in [0.29, 0.717) is 19.3 Å². The predicted molar refractivity (Wildman–Crippen MR) is 500 cm³/mol. The Morgan fingerprint density at radius 2 is 0.420 bits per heavy atom. The molecule has 16 nitrogen and oxygen atoms in total. The van der Waals surface area contributed by atoms with Gasteiger partial charge in [0.15, 0.2) is 6.10 Å². The zero-order chi connectivity index (χ0) is 86.5. The highest BCUT2D eigenvalue weighted by atomic mass is 31.2. The molecule has 0 saturated carbocycles. The van der Waals surface area contributed by atoms with Crippen molar-refractivity contribution in [3.05, 3.63) is 170 Å². The SMILES string of the molecule is CC/C=C\C/C=C\C/C=C\C/C=C\C/C=C\C/C=C\CCCCCCCCCCCCCCCCC(=O)OCC(COP(=O)(O)OCC(O)COP(=O)(O)OCC(O)COC(=O)CCCCCCCCCCCCCCCCCCCCC/C=C\C/C=C\C/C=C\C/C=C\C/C=C\CC)OC(=O)CCCCCCC/C=C\C/C=C\C/C=C\CC. The van der Waals surface area contributed by atoms with Crippen LogP contribution >= 0.6 is 15.6 Å². The molecule has 0 aliphatic rings. The quantitative estimate of drug-likeness (QED) is 0.0146. The number of hydrogen-bond acceptors (Lipinski definition) is 14. The summed E-state index contributed by atoms with van der Waals surface area (Å²) in [4.78, 5) is 58.9. The van der Waals surface area contributed by atoms with Crippen molar-refractivity contribution in [2.45, 2.75) is 411 Å². The Balaban J connectivity index is 4.42. The second kappa shape index (κ2) is 92.1. The number of carbonyl (C=O) groups excluding carboxylic acids is 3. The highest BCUT2D eigenvalue weighted by Gasteiger charge is 2.30. The monoisotopic (exact) mass is 1700 g/mol. The van der Waals surface area contributed by atoms with Gasteiger partial charge in [0.05, 0.1) is 26.4 Å². The lowest BCUT2D eigenvalue weighted by Crippen LogP contribution is -2.30. The standard InChI is InChI=1S/C101H172O16P2/c1-4-7-10-13-16-19-22-25-28-30-32-34-36-38-40-42-44-46-47-49-51-52-54-56-58-60-62-64-67-69-72-75-78-81-84-87-99(104)111-90-96(102)91-113-118(107,108)114-92-97(103)93-115-119(109,110)116-95-98(117-101(106)89-86-83-80-77-74-71-66-27-24-21-18-15-12-9-6-3)94-112-100(105)88-85-82-79-76-73-70-68-65-63-61-59-57-55-53-50-48-45-43-41-39-37-35-33-31-29-26-23-20-17-14-11-8-5-2/h7-12,16-21,25-29,32-35,38-41,45,48,66,96-98,102-103H,4-6,13-15,22-24,30-31,36-37,42-44,46-47,49-65,67-95H2,1-3H3,(H,107,108)(H,109,110)/b10-7-,11-8-,12-9-,19-16-,20-17-,21-18-,28-25-,29-26-,34-32-,35-33-,40-38-,41-39-,48-45-,66-27-. The molecule has 0 aliphatic heterocycles. The second-order valence-corrected chi connectivity index (χ2v) is 34.3. The van der Waals surface area contributed by atoms with Crippen LogP contribution in [0.3, 0.4) is 0 Å². The predicted octanol–water partition coefficient (Wildman–Crippen LogP) is 29.4. The van der Waals surface area contributed by atoms with E-state index in [1.54, 1.807) is 0 Å². The van der Waals surface area contributed by atoms with Gasteiger partial charge in [-0.2, -0.15) is 0 Å². The van der Waals surface area contributed by atoms with Crippen LogP contribution in [0.4, 0.5) is 0 Å². The molecule has 18 heteroatoms. The molecule has 0 saturated heterocycles. The zero-order valence-corrected chi connectivity index (χ0v) is 77.0. The van der Waals surface area contributed by atoms with Crippen LogP contribution in [-0.2, 0) is 55.8 Å². The highest BCUT2D eigenvalue weighted by molar-refractivity contribution is 7.47. The number of rotatable bonds is 89. The molecule has 682 valence electrons. The summed E-state index contributed by atoms with van der Waals surface area (Å²) in [5.74, 6) is -1.58. The average molecular weight is 1700 g/mol. The van der Waals surface area contributed by atoms with Gasteiger partial charge in [-0.1, -0.05) is 396 Å². The van der Waals surface area contributed by atoms with E-state index >= 15 is 0 Å². The molecule has 0 aromatic heterocycles. The number of phosphoric acid groups is 2. The Labute approximate surface area is 726 Å². The van der Waals surface area contributed by atoms with Gasteiger partial charge < -0.3 is 34.2 Å². The molecule has 5 unspecified atom stereocenters. The molecule has 0 heterocycles. The summed E-state index contributed by atoms with van der Waals surface area (Å²) in [6.07, 6.45) is 120. The van der Waals surface area contributed by atoms with Gasteiger partial charge in [0.1, 0.15) is 25.4 Å². The second-order valence-electron chi connectivity index (χ2n) is 31.4. The first kappa shape index (κ1) is 114. The van der Waals surface area contributed by atoms with E-state index in [0.717, 1.165) is 173 Å². The average Bonchev–Trinajstić information content (AvgIpc) is 0.900. The molecular weight excluding hydrogens is 1530 g/mol. The summed E-state index contributed by atoms with van der Waals surface area (Å²) in [5, 5.41) is 20.7. The van der Waals surface area contributed by atoms with Crippen molar-refractivity contribution < 1.29 is 75.8 Å². The Morgan fingerprint density at radius 3 is 0.664 bits per heavy atom. The summed E-state index contributed by atoms with van der Waals surface area (Å²) in [5.41, 5.74) is 0. The van der Waals surface area contributed by atoms with Crippen molar-refractivity contribution in [2.75, 3.05) is 39.6 Å². The van der Waals surface area contributed by atoms with E-state index in [2.05, 4.69) is 191 Å². The molecule has 0 spiro atoms. The topological polar surface area (TPSA) is 231 Å².